The van der Waals surface area contributed by atoms with Crippen LogP contribution < -0.4 is 4.72 Å². The van der Waals surface area contributed by atoms with E-state index in [0.717, 1.165) is 18.4 Å². The van der Waals surface area contributed by atoms with E-state index >= 15 is 0 Å². The minimum absolute atomic E-state index is 0.267. The SMILES string of the molecule is CCN(C)C(=O)CNS(=O)(=O)c1scnc1C(=O)OC. The van der Waals surface area contributed by atoms with Crippen LogP contribution in [-0.2, 0) is 19.6 Å². The first kappa shape index (κ1) is 16.5. The predicted molar refractivity (Wildman–Crippen MR) is 72.0 cm³/mol. The minimum atomic E-state index is -3.98. The highest BCUT2D eigenvalue weighted by Gasteiger charge is 2.27. The third-order valence-electron chi connectivity index (χ3n) is 2.47. The van der Waals surface area contributed by atoms with Crippen LogP contribution in [0.3, 0.4) is 0 Å². The van der Waals surface area contributed by atoms with Crippen molar-refractivity contribution in [3.05, 3.63) is 11.2 Å². The van der Waals surface area contributed by atoms with Crippen molar-refractivity contribution in [1.82, 2.24) is 14.6 Å². The third-order valence-corrected chi connectivity index (χ3v) is 5.24. The van der Waals surface area contributed by atoms with E-state index in [1.807, 2.05) is 0 Å². The number of esters is 1. The molecule has 112 valence electrons. The summed E-state index contributed by atoms with van der Waals surface area (Å²) >= 11 is 0.779. The molecule has 0 aliphatic rings. The molecule has 1 aromatic heterocycles. The Kier molecular flexibility index (Phi) is 5.60. The molecule has 10 heteroatoms. The predicted octanol–water partition coefficient (Wildman–Crippen LogP) is -0.314. The van der Waals surface area contributed by atoms with Crippen molar-refractivity contribution in [2.45, 2.75) is 11.1 Å². The van der Waals surface area contributed by atoms with Gasteiger partial charge in [0.05, 0.1) is 19.2 Å². The standard InChI is InChI=1S/C10H15N3O5S2/c1-4-13(2)7(14)5-12-20(16,17)10-8(9(15)18-3)11-6-19-10/h6,12H,4-5H2,1-3H3. The summed E-state index contributed by atoms with van der Waals surface area (Å²) in [4.78, 5) is 28.0. The molecule has 1 amide bonds. The number of aromatic nitrogens is 1. The number of nitrogens with zero attached hydrogens (tertiary/aromatic N) is 2. The van der Waals surface area contributed by atoms with Gasteiger partial charge in [-0.3, -0.25) is 4.79 Å². The number of rotatable bonds is 6. The number of hydrogen-bond acceptors (Lipinski definition) is 7. The highest BCUT2D eigenvalue weighted by atomic mass is 32.2. The molecule has 8 nitrogen and oxygen atoms in total. The number of ether oxygens (including phenoxy) is 1. The molecule has 0 aliphatic carbocycles. The van der Waals surface area contributed by atoms with Gasteiger partial charge in [0.1, 0.15) is 0 Å². The first-order chi connectivity index (χ1) is 9.33. The number of sulfonamides is 1. The number of amides is 1. The molecule has 1 N–H and O–H groups in total. The van der Waals surface area contributed by atoms with Crippen LogP contribution >= 0.6 is 11.3 Å². The number of carbonyl (C=O) groups excluding carboxylic acids is 2. The molecule has 0 aromatic carbocycles. The van der Waals surface area contributed by atoms with Crippen LogP contribution in [0.1, 0.15) is 17.4 Å². The van der Waals surface area contributed by atoms with Gasteiger partial charge in [-0.15, -0.1) is 11.3 Å². The molecule has 1 aromatic rings. The number of methoxy groups -OCH3 is 1. The van der Waals surface area contributed by atoms with E-state index in [0.29, 0.717) is 6.54 Å². The van der Waals surface area contributed by atoms with Crippen LogP contribution in [0, 0.1) is 0 Å². The van der Waals surface area contributed by atoms with E-state index < -0.39 is 16.0 Å². The van der Waals surface area contributed by atoms with Crippen LogP contribution in [0.4, 0.5) is 0 Å². The summed E-state index contributed by atoms with van der Waals surface area (Å²) in [7, 11) is -1.29. The molecule has 1 heterocycles. The Morgan fingerprint density at radius 1 is 1.50 bits per heavy atom. The van der Waals surface area contributed by atoms with E-state index in [9.17, 15) is 18.0 Å². The van der Waals surface area contributed by atoms with Crippen molar-refractivity contribution in [1.29, 1.82) is 0 Å². The maximum Gasteiger partial charge on any atom is 0.358 e. The van der Waals surface area contributed by atoms with Gasteiger partial charge in [-0.05, 0) is 6.92 Å². The van der Waals surface area contributed by atoms with E-state index in [2.05, 4.69) is 14.4 Å². The zero-order chi connectivity index (χ0) is 15.3. The number of nitrogens with one attached hydrogen (secondary N) is 1. The van der Waals surface area contributed by atoms with Gasteiger partial charge in [0, 0.05) is 13.6 Å². The van der Waals surface area contributed by atoms with Gasteiger partial charge in [0.25, 0.3) is 10.0 Å². The molecule has 0 atom stereocenters. The summed E-state index contributed by atoms with van der Waals surface area (Å²) in [5, 5.41) is 0. The minimum Gasteiger partial charge on any atom is -0.464 e. The van der Waals surface area contributed by atoms with Gasteiger partial charge in [-0.2, -0.15) is 0 Å². The molecule has 0 bridgehead atoms. The summed E-state index contributed by atoms with van der Waals surface area (Å²) in [5.41, 5.74) is 0.933. The van der Waals surface area contributed by atoms with Gasteiger partial charge in [-0.25, -0.2) is 22.9 Å². The number of hydrogen-bond donors (Lipinski definition) is 1. The lowest BCUT2D eigenvalue weighted by atomic mass is 10.5. The lowest BCUT2D eigenvalue weighted by molar-refractivity contribution is -0.128. The molecule has 0 spiro atoms. The Bertz CT molecular complexity index is 596. The maximum absolute atomic E-state index is 12.0. The lowest BCUT2D eigenvalue weighted by Crippen LogP contribution is -2.38. The summed E-state index contributed by atoms with van der Waals surface area (Å²) in [6.45, 7) is 1.85. The Balaban J connectivity index is 2.88. The molecule has 0 aliphatic heterocycles. The number of carbonyl (C=O) groups is 2. The monoisotopic (exact) mass is 321 g/mol. The average Bonchev–Trinajstić information content (AvgIpc) is 2.93. The summed E-state index contributed by atoms with van der Waals surface area (Å²) in [6, 6.07) is 0. The second-order valence-electron chi connectivity index (χ2n) is 3.71. The smallest absolute Gasteiger partial charge is 0.358 e. The number of thiazole rings is 1. The third kappa shape index (κ3) is 3.74. The highest BCUT2D eigenvalue weighted by molar-refractivity contribution is 7.91. The normalized spacial score (nSPS) is 11.2. The fraction of sp³-hybridized carbons (Fsp3) is 0.500. The Morgan fingerprint density at radius 2 is 2.15 bits per heavy atom. The fourth-order valence-electron chi connectivity index (χ4n) is 1.19. The first-order valence-corrected chi connectivity index (χ1v) is 7.95. The largest absolute Gasteiger partial charge is 0.464 e. The second kappa shape index (κ2) is 6.77. The zero-order valence-corrected chi connectivity index (χ0v) is 12.9. The zero-order valence-electron chi connectivity index (χ0n) is 11.2. The van der Waals surface area contributed by atoms with Gasteiger partial charge in [-0.1, -0.05) is 0 Å². The van der Waals surface area contributed by atoms with Crippen molar-refractivity contribution >= 4 is 33.2 Å². The van der Waals surface area contributed by atoms with Crippen molar-refractivity contribution in [2.75, 3.05) is 27.2 Å². The molecular weight excluding hydrogens is 306 g/mol. The van der Waals surface area contributed by atoms with Crippen LogP contribution in [0.2, 0.25) is 0 Å². The van der Waals surface area contributed by atoms with E-state index in [-0.39, 0.29) is 22.4 Å². The maximum atomic E-state index is 12.0. The summed E-state index contributed by atoms with van der Waals surface area (Å²) in [5.74, 6) is -1.22. The van der Waals surface area contributed by atoms with Crippen molar-refractivity contribution in [3.63, 3.8) is 0 Å². The van der Waals surface area contributed by atoms with Crippen LogP contribution in [0.15, 0.2) is 9.72 Å². The molecule has 0 unspecified atom stereocenters. The van der Waals surface area contributed by atoms with Gasteiger partial charge < -0.3 is 9.64 Å². The average molecular weight is 321 g/mol. The van der Waals surface area contributed by atoms with Gasteiger partial charge in [0.2, 0.25) is 5.91 Å². The van der Waals surface area contributed by atoms with Crippen LogP contribution in [-0.4, -0.2) is 57.4 Å². The Labute approximate surface area is 120 Å². The molecule has 0 saturated carbocycles. The Hall–Kier alpha value is -1.52. The highest BCUT2D eigenvalue weighted by Crippen LogP contribution is 2.20. The topological polar surface area (TPSA) is 106 Å². The van der Waals surface area contributed by atoms with Crippen LogP contribution in [0.5, 0.6) is 0 Å². The van der Waals surface area contributed by atoms with Crippen molar-refractivity contribution in [3.8, 4) is 0 Å². The Morgan fingerprint density at radius 3 is 2.70 bits per heavy atom. The van der Waals surface area contributed by atoms with Gasteiger partial charge >= 0.3 is 5.97 Å². The molecule has 1 rings (SSSR count). The molecule has 0 saturated heterocycles. The van der Waals surface area contributed by atoms with E-state index in [1.165, 1.54) is 10.4 Å². The first-order valence-electron chi connectivity index (χ1n) is 5.59. The quantitative estimate of drug-likeness (QED) is 0.720. The second-order valence-corrected chi connectivity index (χ2v) is 6.53. The molecular formula is C10H15N3O5S2. The molecule has 0 fully saturated rings. The summed E-state index contributed by atoms with van der Waals surface area (Å²) < 4.78 is 30.4. The van der Waals surface area contributed by atoms with E-state index in [1.54, 1.807) is 14.0 Å². The van der Waals surface area contributed by atoms with Crippen LogP contribution in [0.25, 0.3) is 0 Å². The molecule has 0 radical (unpaired) electrons. The lowest BCUT2D eigenvalue weighted by Gasteiger charge is -2.14. The molecule has 20 heavy (non-hydrogen) atoms. The van der Waals surface area contributed by atoms with Crippen molar-refractivity contribution in [2.24, 2.45) is 0 Å². The fourth-order valence-corrected chi connectivity index (χ4v) is 3.34. The van der Waals surface area contributed by atoms with E-state index in [4.69, 9.17) is 0 Å². The van der Waals surface area contributed by atoms with Crippen molar-refractivity contribution < 1.29 is 22.7 Å². The summed E-state index contributed by atoms with van der Waals surface area (Å²) in [6.07, 6.45) is 0. The number of likely N-dealkylation sites (N-methyl/N-ethyl adjacent to an activating group) is 1. The van der Waals surface area contributed by atoms with Gasteiger partial charge in [0.15, 0.2) is 9.90 Å².